The summed E-state index contributed by atoms with van der Waals surface area (Å²) in [4.78, 5) is 15.2. The number of aliphatic hydroxyl groups excluding tert-OH is 1. The van der Waals surface area contributed by atoms with E-state index in [1.54, 1.807) is 0 Å². The van der Waals surface area contributed by atoms with Crippen molar-refractivity contribution in [1.82, 2.24) is 10.3 Å². The summed E-state index contributed by atoms with van der Waals surface area (Å²) in [6.45, 7) is 0. The molecule has 7 heteroatoms. The number of nitrogens with zero attached hydrogens (tertiary/aromatic N) is 1. The fourth-order valence-corrected chi connectivity index (χ4v) is 2.40. The predicted molar refractivity (Wildman–Crippen MR) is 69.6 cm³/mol. The van der Waals surface area contributed by atoms with Crippen LogP contribution >= 0.6 is 0 Å². The number of hydrogen-bond acceptors (Lipinski definition) is 3. The Morgan fingerprint density at radius 2 is 1.95 bits per heavy atom. The molecule has 1 saturated carbocycles. The lowest BCUT2D eigenvalue weighted by molar-refractivity contribution is -0.141. The van der Waals surface area contributed by atoms with Gasteiger partial charge in [-0.05, 0) is 25.0 Å². The van der Waals surface area contributed by atoms with Gasteiger partial charge < -0.3 is 10.4 Å². The van der Waals surface area contributed by atoms with Crippen molar-refractivity contribution >= 4 is 5.91 Å². The standard InChI is InChI=1S/C14H17F3N2O2/c15-14(16,17)12-7-6-9(8-18-12)13(21)19-10-4-2-1-3-5-11(10)20/h6-8,10-11,20H,1-5H2,(H,19,21). The third-order valence-corrected chi connectivity index (χ3v) is 3.61. The molecule has 0 saturated heterocycles. The molecule has 2 atom stereocenters. The molecule has 1 aromatic rings. The molecular weight excluding hydrogens is 285 g/mol. The van der Waals surface area contributed by atoms with Crippen LogP contribution in [0.5, 0.6) is 0 Å². The summed E-state index contributed by atoms with van der Waals surface area (Å²) in [5.41, 5.74) is -0.979. The molecule has 0 aliphatic heterocycles. The van der Waals surface area contributed by atoms with Gasteiger partial charge in [0.25, 0.3) is 5.91 Å². The summed E-state index contributed by atoms with van der Waals surface area (Å²) in [7, 11) is 0. The highest BCUT2D eigenvalue weighted by molar-refractivity contribution is 5.94. The molecular formula is C14H17F3N2O2. The number of pyridine rings is 1. The van der Waals surface area contributed by atoms with Crippen molar-refractivity contribution in [3.8, 4) is 0 Å². The minimum atomic E-state index is -4.52. The number of alkyl halides is 3. The van der Waals surface area contributed by atoms with E-state index in [0.717, 1.165) is 37.6 Å². The maximum absolute atomic E-state index is 12.4. The van der Waals surface area contributed by atoms with Crippen LogP contribution in [0.2, 0.25) is 0 Å². The number of halogens is 3. The minimum absolute atomic E-state index is 0.0550. The van der Waals surface area contributed by atoms with Crippen LogP contribution in [-0.4, -0.2) is 28.1 Å². The van der Waals surface area contributed by atoms with E-state index in [9.17, 15) is 23.1 Å². The number of aromatic nitrogens is 1. The van der Waals surface area contributed by atoms with Gasteiger partial charge in [0.1, 0.15) is 5.69 Å². The molecule has 1 aliphatic rings. The van der Waals surface area contributed by atoms with Crippen molar-refractivity contribution in [2.75, 3.05) is 0 Å². The second-order valence-electron chi connectivity index (χ2n) is 5.22. The Morgan fingerprint density at radius 1 is 1.24 bits per heavy atom. The molecule has 1 fully saturated rings. The molecule has 1 amide bonds. The first-order valence-corrected chi connectivity index (χ1v) is 6.90. The number of rotatable bonds is 2. The van der Waals surface area contributed by atoms with Crippen molar-refractivity contribution in [2.24, 2.45) is 0 Å². The molecule has 0 spiro atoms. The molecule has 1 heterocycles. The summed E-state index contributed by atoms with van der Waals surface area (Å²) in [6, 6.07) is 1.51. The van der Waals surface area contributed by atoms with Crippen molar-refractivity contribution < 1.29 is 23.1 Å². The van der Waals surface area contributed by atoms with Crippen LogP contribution in [0, 0.1) is 0 Å². The zero-order chi connectivity index (χ0) is 15.5. The van der Waals surface area contributed by atoms with Crippen LogP contribution in [0.1, 0.15) is 48.2 Å². The van der Waals surface area contributed by atoms with E-state index in [4.69, 9.17) is 0 Å². The van der Waals surface area contributed by atoms with Gasteiger partial charge in [-0.3, -0.25) is 9.78 Å². The van der Waals surface area contributed by atoms with Crippen LogP contribution in [0.3, 0.4) is 0 Å². The molecule has 1 aliphatic carbocycles. The summed E-state index contributed by atoms with van der Waals surface area (Å²) >= 11 is 0. The molecule has 116 valence electrons. The number of hydrogen-bond donors (Lipinski definition) is 2. The Kier molecular flexibility index (Phi) is 4.82. The van der Waals surface area contributed by atoms with Gasteiger partial charge in [-0.15, -0.1) is 0 Å². The number of aliphatic hydroxyl groups is 1. The fraction of sp³-hybridized carbons (Fsp3) is 0.571. The highest BCUT2D eigenvalue weighted by Gasteiger charge is 2.32. The Bertz CT molecular complexity index is 488. The topological polar surface area (TPSA) is 62.2 Å². The van der Waals surface area contributed by atoms with E-state index in [-0.39, 0.29) is 11.6 Å². The molecule has 2 N–H and O–H groups in total. The predicted octanol–water partition coefficient (Wildman–Crippen LogP) is 2.52. The Morgan fingerprint density at radius 3 is 2.57 bits per heavy atom. The van der Waals surface area contributed by atoms with Gasteiger partial charge in [0.15, 0.2) is 0 Å². The summed E-state index contributed by atoms with van der Waals surface area (Å²) in [6.07, 6.45) is -0.113. The SMILES string of the molecule is O=C(NC1CCCCCC1O)c1ccc(C(F)(F)F)nc1. The lowest BCUT2D eigenvalue weighted by Gasteiger charge is -2.21. The highest BCUT2D eigenvalue weighted by Crippen LogP contribution is 2.27. The quantitative estimate of drug-likeness (QED) is 0.825. The second kappa shape index (κ2) is 6.43. The molecule has 1 aromatic heterocycles. The Labute approximate surface area is 120 Å². The zero-order valence-corrected chi connectivity index (χ0v) is 11.4. The lowest BCUT2D eigenvalue weighted by atomic mass is 10.1. The van der Waals surface area contributed by atoms with Crippen LogP contribution < -0.4 is 5.32 Å². The van der Waals surface area contributed by atoms with Crippen LogP contribution in [-0.2, 0) is 6.18 Å². The van der Waals surface area contributed by atoms with Crippen molar-refractivity contribution in [2.45, 2.75) is 50.4 Å². The van der Waals surface area contributed by atoms with Gasteiger partial charge in [-0.25, -0.2) is 0 Å². The van der Waals surface area contributed by atoms with E-state index >= 15 is 0 Å². The molecule has 0 bridgehead atoms. The van der Waals surface area contributed by atoms with Crippen molar-refractivity contribution in [3.63, 3.8) is 0 Å². The Hall–Kier alpha value is -1.63. The van der Waals surface area contributed by atoms with E-state index in [2.05, 4.69) is 10.3 Å². The van der Waals surface area contributed by atoms with Crippen LogP contribution in [0.4, 0.5) is 13.2 Å². The molecule has 0 aromatic carbocycles. The summed E-state index contributed by atoms with van der Waals surface area (Å²) < 4.78 is 37.2. The molecule has 4 nitrogen and oxygen atoms in total. The normalized spacial score (nSPS) is 23.4. The van der Waals surface area contributed by atoms with Crippen LogP contribution in [0.25, 0.3) is 0 Å². The monoisotopic (exact) mass is 302 g/mol. The maximum Gasteiger partial charge on any atom is 0.433 e. The zero-order valence-electron chi connectivity index (χ0n) is 11.4. The summed E-state index contributed by atoms with van der Waals surface area (Å²) in [5, 5.41) is 12.6. The summed E-state index contributed by atoms with van der Waals surface area (Å²) in [5.74, 6) is -0.512. The average Bonchev–Trinajstić information content (AvgIpc) is 2.63. The minimum Gasteiger partial charge on any atom is -0.391 e. The maximum atomic E-state index is 12.4. The van der Waals surface area contributed by atoms with Crippen molar-refractivity contribution in [1.29, 1.82) is 0 Å². The third-order valence-electron chi connectivity index (χ3n) is 3.61. The van der Waals surface area contributed by atoms with Gasteiger partial charge >= 0.3 is 6.18 Å². The molecule has 2 rings (SSSR count). The number of nitrogens with one attached hydrogen (secondary N) is 1. The second-order valence-corrected chi connectivity index (χ2v) is 5.22. The number of amides is 1. The first kappa shape index (κ1) is 15.8. The van der Waals surface area contributed by atoms with Gasteiger partial charge in [0, 0.05) is 6.20 Å². The third kappa shape index (κ3) is 4.17. The van der Waals surface area contributed by atoms with Gasteiger partial charge in [-0.1, -0.05) is 19.3 Å². The van der Waals surface area contributed by atoms with E-state index in [1.165, 1.54) is 0 Å². The average molecular weight is 302 g/mol. The number of carbonyl (C=O) groups is 1. The van der Waals surface area contributed by atoms with Crippen LogP contribution in [0.15, 0.2) is 18.3 Å². The Balaban J connectivity index is 2.02. The van der Waals surface area contributed by atoms with Gasteiger partial charge in [-0.2, -0.15) is 13.2 Å². The van der Waals surface area contributed by atoms with E-state index < -0.39 is 23.9 Å². The molecule has 2 unspecified atom stereocenters. The lowest BCUT2D eigenvalue weighted by Crippen LogP contribution is -2.42. The highest BCUT2D eigenvalue weighted by atomic mass is 19.4. The first-order valence-electron chi connectivity index (χ1n) is 6.90. The first-order chi connectivity index (χ1) is 9.88. The van der Waals surface area contributed by atoms with E-state index in [1.807, 2.05) is 0 Å². The van der Waals surface area contributed by atoms with Crippen molar-refractivity contribution in [3.05, 3.63) is 29.6 Å². The molecule has 0 radical (unpaired) electrons. The smallest absolute Gasteiger partial charge is 0.391 e. The fourth-order valence-electron chi connectivity index (χ4n) is 2.40. The number of carbonyl (C=O) groups excluding carboxylic acids is 1. The van der Waals surface area contributed by atoms with Gasteiger partial charge in [0.05, 0.1) is 17.7 Å². The van der Waals surface area contributed by atoms with E-state index in [0.29, 0.717) is 12.8 Å². The van der Waals surface area contributed by atoms with Gasteiger partial charge in [0.2, 0.25) is 0 Å². The molecule has 21 heavy (non-hydrogen) atoms. The largest absolute Gasteiger partial charge is 0.433 e.